The van der Waals surface area contributed by atoms with Crippen molar-refractivity contribution in [3.63, 3.8) is 0 Å². The van der Waals surface area contributed by atoms with Gasteiger partial charge in [-0.25, -0.2) is 0 Å². The molecule has 1 rings (SSSR count). The predicted octanol–water partition coefficient (Wildman–Crippen LogP) is 1.72. The maximum atomic E-state index is 11.2. The van der Waals surface area contributed by atoms with E-state index in [4.69, 9.17) is 11.0 Å². The highest BCUT2D eigenvalue weighted by molar-refractivity contribution is 5.80. The van der Waals surface area contributed by atoms with Gasteiger partial charge in [0.05, 0.1) is 17.0 Å². The Morgan fingerprint density at radius 1 is 1.44 bits per heavy atom. The van der Waals surface area contributed by atoms with E-state index in [1.807, 2.05) is 32.9 Å². The van der Waals surface area contributed by atoms with Gasteiger partial charge in [0.2, 0.25) is 5.91 Å². The molecule has 0 saturated heterocycles. The molecule has 0 fully saturated rings. The Morgan fingerprint density at radius 2 is 2.00 bits per heavy atom. The minimum absolute atomic E-state index is 0.108. The summed E-state index contributed by atoms with van der Waals surface area (Å²) in [6.45, 7) is 6.16. The topological polar surface area (TPSA) is 78.9 Å². The zero-order valence-electron chi connectivity index (χ0n) is 11.0. The molecule has 3 N–H and O–H groups in total. The molecule has 4 nitrogen and oxygen atoms in total. The van der Waals surface area contributed by atoms with Crippen LogP contribution in [-0.2, 0) is 4.79 Å². The van der Waals surface area contributed by atoms with Crippen LogP contribution in [0.15, 0.2) is 24.3 Å². The number of hydrogen-bond acceptors (Lipinski definition) is 3. The third-order valence-corrected chi connectivity index (χ3v) is 3.06. The summed E-state index contributed by atoms with van der Waals surface area (Å²) in [4.78, 5) is 11.2. The van der Waals surface area contributed by atoms with Gasteiger partial charge < -0.3 is 11.1 Å². The number of nitrogens with zero attached hydrogens (tertiary/aromatic N) is 1. The summed E-state index contributed by atoms with van der Waals surface area (Å²) in [5.41, 5.74) is 6.47. The number of hydrogen-bond donors (Lipinski definition) is 2. The minimum atomic E-state index is -0.569. The van der Waals surface area contributed by atoms with Crippen molar-refractivity contribution in [2.75, 3.05) is 6.54 Å². The van der Waals surface area contributed by atoms with Crippen molar-refractivity contribution in [3.05, 3.63) is 35.4 Å². The van der Waals surface area contributed by atoms with E-state index < -0.39 is 5.41 Å². The van der Waals surface area contributed by atoms with Crippen LogP contribution >= 0.6 is 0 Å². The molecular weight excluding hydrogens is 226 g/mol. The summed E-state index contributed by atoms with van der Waals surface area (Å²) < 4.78 is 0. The Hall–Kier alpha value is -1.86. The second-order valence-electron chi connectivity index (χ2n) is 5.08. The van der Waals surface area contributed by atoms with Crippen molar-refractivity contribution >= 4 is 5.91 Å². The molecule has 0 heterocycles. The highest BCUT2D eigenvalue weighted by Crippen LogP contribution is 2.17. The molecule has 96 valence electrons. The number of rotatable bonds is 5. The van der Waals surface area contributed by atoms with Gasteiger partial charge in [-0.2, -0.15) is 5.26 Å². The molecule has 1 amide bonds. The molecule has 0 spiro atoms. The monoisotopic (exact) mass is 245 g/mol. The molecule has 1 aromatic carbocycles. The van der Waals surface area contributed by atoms with Crippen LogP contribution in [0.2, 0.25) is 0 Å². The van der Waals surface area contributed by atoms with Crippen LogP contribution in [0.3, 0.4) is 0 Å². The summed E-state index contributed by atoms with van der Waals surface area (Å²) >= 11 is 0. The van der Waals surface area contributed by atoms with Crippen molar-refractivity contribution < 1.29 is 4.79 Å². The van der Waals surface area contributed by atoms with Crippen LogP contribution in [0.1, 0.15) is 37.9 Å². The minimum Gasteiger partial charge on any atom is -0.369 e. The molecule has 0 aromatic heterocycles. The number of benzene rings is 1. The van der Waals surface area contributed by atoms with E-state index in [0.29, 0.717) is 12.1 Å². The van der Waals surface area contributed by atoms with Crippen LogP contribution in [-0.4, -0.2) is 12.5 Å². The molecule has 1 atom stereocenters. The largest absolute Gasteiger partial charge is 0.369 e. The molecule has 1 aromatic rings. The number of carbonyl (C=O) groups excluding carboxylic acids is 1. The lowest BCUT2D eigenvalue weighted by atomic mass is 9.92. The van der Waals surface area contributed by atoms with Crippen LogP contribution in [0.5, 0.6) is 0 Å². The summed E-state index contributed by atoms with van der Waals surface area (Å²) in [6, 6.07) is 9.58. The number of carbonyl (C=O) groups is 1. The van der Waals surface area contributed by atoms with Gasteiger partial charge >= 0.3 is 0 Å². The Labute approximate surface area is 108 Å². The smallest absolute Gasteiger partial charge is 0.224 e. The number of amides is 1. The first-order valence-electron chi connectivity index (χ1n) is 5.90. The summed E-state index contributed by atoms with van der Waals surface area (Å²) in [5.74, 6) is -0.318. The summed E-state index contributed by atoms with van der Waals surface area (Å²) in [5, 5.41) is 12.0. The summed E-state index contributed by atoms with van der Waals surface area (Å²) in [6.07, 6.45) is 0. The number of primary amides is 1. The van der Waals surface area contributed by atoms with Crippen molar-refractivity contribution in [1.29, 1.82) is 5.26 Å². The van der Waals surface area contributed by atoms with Gasteiger partial charge in [-0.1, -0.05) is 12.1 Å². The zero-order chi connectivity index (χ0) is 13.8. The van der Waals surface area contributed by atoms with E-state index in [0.717, 1.165) is 5.56 Å². The third kappa shape index (κ3) is 3.57. The standard InChI is InChI=1S/C14H19N3O/c1-10(17-9-14(2,3)13(16)18)12-6-4-11(8-15)5-7-12/h4-7,10,17H,9H2,1-3H3,(H2,16,18)/t10-/m0/s1. The SMILES string of the molecule is C[C@H](NCC(C)(C)C(N)=O)c1ccc(C#N)cc1. The molecule has 18 heavy (non-hydrogen) atoms. The molecule has 0 aliphatic heterocycles. The van der Waals surface area contributed by atoms with Gasteiger partial charge in [-0.3, -0.25) is 4.79 Å². The highest BCUT2D eigenvalue weighted by Gasteiger charge is 2.25. The molecular formula is C14H19N3O. The Balaban J connectivity index is 2.63. The second kappa shape index (κ2) is 5.65. The van der Waals surface area contributed by atoms with Gasteiger partial charge in [-0.05, 0) is 38.5 Å². The van der Waals surface area contributed by atoms with Crippen molar-refractivity contribution in [1.82, 2.24) is 5.32 Å². The number of nitriles is 1. The van der Waals surface area contributed by atoms with Gasteiger partial charge in [-0.15, -0.1) is 0 Å². The Kier molecular flexibility index (Phi) is 4.46. The first kappa shape index (κ1) is 14.2. The first-order chi connectivity index (χ1) is 8.36. The van der Waals surface area contributed by atoms with Crippen molar-refractivity contribution in [2.24, 2.45) is 11.1 Å². The summed E-state index contributed by atoms with van der Waals surface area (Å²) in [7, 11) is 0. The fourth-order valence-electron chi connectivity index (χ4n) is 1.46. The molecule has 0 saturated carbocycles. The Morgan fingerprint density at radius 3 is 2.44 bits per heavy atom. The first-order valence-corrected chi connectivity index (χ1v) is 5.90. The fraction of sp³-hybridized carbons (Fsp3) is 0.429. The van der Waals surface area contributed by atoms with E-state index in [9.17, 15) is 4.79 Å². The normalized spacial score (nSPS) is 12.8. The van der Waals surface area contributed by atoms with Gasteiger partial charge in [0.15, 0.2) is 0 Å². The molecule has 4 heteroatoms. The number of nitrogens with two attached hydrogens (primary N) is 1. The van der Waals surface area contributed by atoms with E-state index >= 15 is 0 Å². The zero-order valence-corrected chi connectivity index (χ0v) is 11.0. The lowest BCUT2D eigenvalue weighted by molar-refractivity contribution is -0.125. The van der Waals surface area contributed by atoms with Crippen molar-refractivity contribution in [3.8, 4) is 6.07 Å². The molecule has 0 unspecified atom stereocenters. The van der Waals surface area contributed by atoms with Crippen LogP contribution < -0.4 is 11.1 Å². The Bertz CT molecular complexity index is 457. The highest BCUT2D eigenvalue weighted by atomic mass is 16.1. The van der Waals surface area contributed by atoms with Crippen molar-refractivity contribution in [2.45, 2.75) is 26.8 Å². The lowest BCUT2D eigenvalue weighted by Crippen LogP contribution is -2.41. The van der Waals surface area contributed by atoms with E-state index in [-0.39, 0.29) is 11.9 Å². The molecule has 0 aliphatic rings. The van der Waals surface area contributed by atoms with Crippen LogP contribution in [0.4, 0.5) is 0 Å². The van der Waals surface area contributed by atoms with E-state index in [1.165, 1.54) is 0 Å². The quantitative estimate of drug-likeness (QED) is 0.829. The van der Waals surface area contributed by atoms with Crippen LogP contribution in [0, 0.1) is 16.7 Å². The predicted molar refractivity (Wildman–Crippen MR) is 70.6 cm³/mol. The van der Waals surface area contributed by atoms with E-state index in [1.54, 1.807) is 12.1 Å². The molecule has 0 aliphatic carbocycles. The average Bonchev–Trinajstić information content (AvgIpc) is 2.36. The molecule has 0 bridgehead atoms. The van der Waals surface area contributed by atoms with E-state index in [2.05, 4.69) is 11.4 Å². The molecule has 0 radical (unpaired) electrons. The average molecular weight is 245 g/mol. The van der Waals surface area contributed by atoms with Gasteiger partial charge in [0.1, 0.15) is 0 Å². The fourth-order valence-corrected chi connectivity index (χ4v) is 1.46. The number of nitrogens with one attached hydrogen (secondary N) is 1. The maximum absolute atomic E-state index is 11.2. The second-order valence-corrected chi connectivity index (χ2v) is 5.08. The lowest BCUT2D eigenvalue weighted by Gasteiger charge is -2.24. The third-order valence-electron chi connectivity index (χ3n) is 3.06. The van der Waals surface area contributed by atoms with Crippen LogP contribution in [0.25, 0.3) is 0 Å². The maximum Gasteiger partial charge on any atom is 0.224 e. The van der Waals surface area contributed by atoms with Gasteiger partial charge in [0, 0.05) is 12.6 Å². The van der Waals surface area contributed by atoms with Gasteiger partial charge in [0.25, 0.3) is 0 Å².